The lowest BCUT2D eigenvalue weighted by Gasteiger charge is -2.03. The quantitative estimate of drug-likeness (QED) is 0.544. The summed E-state index contributed by atoms with van der Waals surface area (Å²) in [7, 11) is 0. The van der Waals surface area contributed by atoms with E-state index in [1.165, 1.54) is 36.4 Å². The van der Waals surface area contributed by atoms with Crippen LogP contribution in [0.2, 0.25) is 0 Å². The maximum atomic E-state index is 13.8. The van der Waals surface area contributed by atoms with Gasteiger partial charge < -0.3 is 9.73 Å². The number of hydrogen-bond acceptors (Lipinski definition) is 3. The largest absolute Gasteiger partial charge is 0.457 e. The number of nitrogens with one attached hydrogen (secondary N) is 1. The van der Waals surface area contributed by atoms with Crippen molar-refractivity contribution in [3.05, 3.63) is 83.6 Å². The minimum absolute atomic E-state index is 0.217. The number of halogens is 2. The number of nitriles is 1. The van der Waals surface area contributed by atoms with Gasteiger partial charge in [-0.25, -0.2) is 8.78 Å². The summed E-state index contributed by atoms with van der Waals surface area (Å²) in [6.45, 7) is 0. The van der Waals surface area contributed by atoms with E-state index in [0.29, 0.717) is 0 Å². The van der Waals surface area contributed by atoms with Gasteiger partial charge in [0.1, 0.15) is 34.8 Å². The van der Waals surface area contributed by atoms with Crippen molar-refractivity contribution >= 4 is 17.7 Å². The molecule has 26 heavy (non-hydrogen) atoms. The van der Waals surface area contributed by atoms with E-state index in [4.69, 9.17) is 4.42 Å². The standard InChI is InChI=1S/C20H12F2N2O2/c21-14-4-3-5-15(11-14)24-20(25)13(12-23)10-16-8-9-19(26-16)17-6-1-2-7-18(17)22/h1-11H,(H,24,25)/b13-10+. The first-order valence-electron chi connectivity index (χ1n) is 7.60. The van der Waals surface area contributed by atoms with Crippen LogP contribution in [0.5, 0.6) is 0 Å². The molecule has 1 N–H and O–H groups in total. The Bertz CT molecular complexity index is 1030. The van der Waals surface area contributed by atoms with E-state index >= 15 is 0 Å². The molecule has 0 unspecified atom stereocenters. The van der Waals surface area contributed by atoms with Gasteiger partial charge in [-0.15, -0.1) is 0 Å². The van der Waals surface area contributed by atoms with Crippen molar-refractivity contribution in [2.45, 2.75) is 0 Å². The smallest absolute Gasteiger partial charge is 0.266 e. The summed E-state index contributed by atoms with van der Waals surface area (Å²) in [4.78, 5) is 12.2. The fourth-order valence-corrected chi connectivity index (χ4v) is 2.29. The van der Waals surface area contributed by atoms with Crippen LogP contribution < -0.4 is 5.32 Å². The summed E-state index contributed by atoms with van der Waals surface area (Å²) in [6, 6.07) is 16.2. The number of nitrogens with zero attached hydrogens (tertiary/aromatic N) is 1. The molecule has 6 heteroatoms. The molecule has 0 atom stereocenters. The van der Waals surface area contributed by atoms with Crippen LogP contribution in [0.1, 0.15) is 5.76 Å². The van der Waals surface area contributed by atoms with Gasteiger partial charge >= 0.3 is 0 Å². The zero-order chi connectivity index (χ0) is 18.5. The molecule has 0 aliphatic heterocycles. The SMILES string of the molecule is N#C/C(=C\c1ccc(-c2ccccc2F)o1)C(=O)Nc1cccc(F)c1. The fraction of sp³-hybridized carbons (Fsp3) is 0. The second-order valence-corrected chi connectivity index (χ2v) is 5.32. The van der Waals surface area contributed by atoms with Gasteiger partial charge in [-0.2, -0.15) is 5.26 Å². The van der Waals surface area contributed by atoms with Gasteiger partial charge in [-0.3, -0.25) is 4.79 Å². The topological polar surface area (TPSA) is 66.0 Å². The van der Waals surface area contributed by atoms with Crippen molar-refractivity contribution in [3.8, 4) is 17.4 Å². The van der Waals surface area contributed by atoms with Crippen LogP contribution >= 0.6 is 0 Å². The van der Waals surface area contributed by atoms with Gasteiger partial charge in [0, 0.05) is 11.8 Å². The summed E-state index contributed by atoms with van der Waals surface area (Å²) in [5, 5.41) is 11.6. The minimum atomic E-state index is -0.707. The minimum Gasteiger partial charge on any atom is -0.457 e. The number of benzene rings is 2. The molecule has 1 heterocycles. The molecule has 1 amide bonds. The highest BCUT2D eigenvalue weighted by molar-refractivity contribution is 6.09. The van der Waals surface area contributed by atoms with Gasteiger partial charge in [0.2, 0.25) is 0 Å². The summed E-state index contributed by atoms with van der Waals surface area (Å²) < 4.78 is 32.5. The molecule has 0 saturated carbocycles. The molecule has 0 aliphatic rings. The lowest BCUT2D eigenvalue weighted by atomic mass is 10.1. The number of anilines is 1. The maximum Gasteiger partial charge on any atom is 0.266 e. The molecule has 4 nitrogen and oxygen atoms in total. The summed E-state index contributed by atoms with van der Waals surface area (Å²) in [6.07, 6.45) is 1.24. The monoisotopic (exact) mass is 350 g/mol. The molecule has 0 spiro atoms. The number of carbonyl (C=O) groups is 1. The molecule has 0 fully saturated rings. The van der Waals surface area contributed by atoms with Gasteiger partial charge in [-0.05, 0) is 42.5 Å². The zero-order valence-corrected chi connectivity index (χ0v) is 13.4. The van der Waals surface area contributed by atoms with Crippen molar-refractivity contribution in [2.24, 2.45) is 0 Å². The van der Waals surface area contributed by atoms with Crippen LogP contribution in [0.4, 0.5) is 14.5 Å². The highest BCUT2D eigenvalue weighted by Crippen LogP contribution is 2.25. The van der Waals surface area contributed by atoms with Gasteiger partial charge in [0.15, 0.2) is 0 Å². The molecule has 128 valence electrons. The Hall–Kier alpha value is -3.72. The van der Waals surface area contributed by atoms with Crippen molar-refractivity contribution in [1.82, 2.24) is 0 Å². The number of rotatable bonds is 4. The highest BCUT2D eigenvalue weighted by atomic mass is 19.1. The first-order chi connectivity index (χ1) is 12.6. The Morgan fingerprint density at radius 3 is 2.62 bits per heavy atom. The first-order valence-corrected chi connectivity index (χ1v) is 7.60. The second kappa shape index (κ2) is 7.45. The molecule has 3 rings (SSSR count). The summed E-state index contributed by atoms with van der Waals surface area (Å²) in [5.74, 6) is -1.17. The van der Waals surface area contributed by atoms with Gasteiger partial charge in [0.25, 0.3) is 5.91 Å². The average Bonchev–Trinajstić information content (AvgIpc) is 3.08. The van der Waals surface area contributed by atoms with E-state index in [0.717, 1.165) is 6.07 Å². The lowest BCUT2D eigenvalue weighted by molar-refractivity contribution is -0.112. The molecule has 3 aromatic rings. The van der Waals surface area contributed by atoms with Crippen LogP contribution in [0, 0.1) is 23.0 Å². The summed E-state index contributed by atoms with van der Waals surface area (Å²) in [5.41, 5.74) is 0.265. The molecule has 1 aromatic heterocycles. The first kappa shape index (κ1) is 17.1. The Morgan fingerprint density at radius 2 is 1.88 bits per heavy atom. The molecule has 0 saturated heterocycles. The third kappa shape index (κ3) is 3.84. The molecular weight excluding hydrogens is 338 g/mol. The third-order valence-corrected chi connectivity index (χ3v) is 3.50. The molecule has 0 radical (unpaired) electrons. The number of furan rings is 1. The predicted molar refractivity (Wildman–Crippen MR) is 92.7 cm³/mol. The van der Waals surface area contributed by atoms with Gasteiger partial charge in [0.05, 0.1) is 5.56 Å². The maximum absolute atomic E-state index is 13.8. The van der Waals surface area contributed by atoms with Crippen molar-refractivity contribution in [3.63, 3.8) is 0 Å². The molecular formula is C20H12F2N2O2. The van der Waals surface area contributed by atoms with E-state index in [-0.39, 0.29) is 28.3 Å². The van der Waals surface area contributed by atoms with Crippen molar-refractivity contribution < 1.29 is 18.0 Å². The second-order valence-electron chi connectivity index (χ2n) is 5.32. The normalized spacial score (nSPS) is 11.0. The van der Waals surface area contributed by atoms with Crippen LogP contribution in [0.3, 0.4) is 0 Å². The van der Waals surface area contributed by atoms with Crippen LogP contribution in [0.15, 0.2) is 70.7 Å². The predicted octanol–water partition coefficient (Wildman–Crippen LogP) is 4.77. The Morgan fingerprint density at radius 1 is 1.08 bits per heavy atom. The van der Waals surface area contributed by atoms with Gasteiger partial charge in [-0.1, -0.05) is 18.2 Å². The number of carbonyl (C=O) groups excluding carboxylic acids is 1. The number of amides is 1. The van der Waals surface area contributed by atoms with Crippen LogP contribution in [-0.2, 0) is 4.79 Å². The Labute approximate surface area is 148 Å². The fourth-order valence-electron chi connectivity index (χ4n) is 2.29. The zero-order valence-electron chi connectivity index (χ0n) is 13.4. The molecule has 0 aliphatic carbocycles. The van der Waals surface area contributed by atoms with Crippen molar-refractivity contribution in [1.29, 1.82) is 5.26 Å². The van der Waals surface area contributed by atoms with E-state index in [2.05, 4.69) is 5.32 Å². The van der Waals surface area contributed by atoms with E-state index in [1.807, 2.05) is 0 Å². The van der Waals surface area contributed by atoms with E-state index in [9.17, 15) is 18.8 Å². The third-order valence-electron chi connectivity index (χ3n) is 3.50. The molecule has 2 aromatic carbocycles. The Balaban J connectivity index is 1.82. The van der Waals surface area contributed by atoms with E-state index < -0.39 is 17.5 Å². The van der Waals surface area contributed by atoms with E-state index in [1.54, 1.807) is 30.3 Å². The van der Waals surface area contributed by atoms with Crippen molar-refractivity contribution in [2.75, 3.05) is 5.32 Å². The van der Waals surface area contributed by atoms with Crippen LogP contribution in [0.25, 0.3) is 17.4 Å². The molecule has 0 bridgehead atoms. The highest BCUT2D eigenvalue weighted by Gasteiger charge is 2.13. The number of hydrogen-bond donors (Lipinski definition) is 1. The Kier molecular flexibility index (Phi) is 4.90. The van der Waals surface area contributed by atoms with Crippen LogP contribution in [-0.4, -0.2) is 5.91 Å². The lowest BCUT2D eigenvalue weighted by Crippen LogP contribution is -2.13. The summed E-state index contributed by atoms with van der Waals surface area (Å²) >= 11 is 0. The average molecular weight is 350 g/mol.